The third kappa shape index (κ3) is 4.87. The van der Waals surface area contributed by atoms with Crippen molar-refractivity contribution in [2.24, 2.45) is 12.8 Å². The Morgan fingerprint density at radius 2 is 1.77 bits per heavy atom. The van der Waals surface area contributed by atoms with Crippen molar-refractivity contribution < 1.29 is 14.7 Å². The quantitative estimate of drug-likeness (QED) is 0.446. The fourth-order valence-corrected chi connectivity index (χ4v) is 3.80. The van der Waals surface area contributed by atoms with Gasteiger partial charge in [0, 0.05) is 37.1 Å². The minimum absolute atomic E-state index is 0.282. The van der Waals surface area contributed by atoms with Crippen LogP contribution in [0.3, 0.4) is 0 Å². The molecule has 2 atom stereocenters. The maximum absolute atomic E-state index is 12.2. The molecule has 3 rings (SSSR count). The molecule has 0 bridgehead atoms. The lowest BCUT2D eigenvalue weighted by Gasteiger charge is -2.31. The molecule has 2 aromatic carbocycles. The predicted molar refractivity (Wildman–Crippen MR) is 117 cm³/mol. The summed E-state index contributed by atoms with van der Waals surface area (Å²) < 4.78 is 1.99. The van der Waals surface area contributed by atoms with E-state index in [0.717, 1.165) is 22.0 Å². The van der Waals surface area contributed by atoms with E-state index in [1.807, 2.05) is 79.3 Å². The summed E-state index contributed by atoms with van der Waals surface area (Å²) in [7, 11) is 1.94. The third-order valence-corrected chi connectivity index (χ3v) is 5.34. The molecule has 0 aliphatic heterocycles. The SMILES string of the molecule is CCN(N[C@@H](Cc1cn(C)c2ccccc12)C(=O)O)C(Cc1ccccc1)C(N)=O. The molecule has 3 aromatic rings. The van der Waals surface area contributed by atoms with E-state index in [1.54, 1.807) is 5.01 Å². The molecule has 30 heavy (non-hydrogen) atoms. The van der Waals surface area contributed by atoms with Crippen LogP contribution in [0.1, 0.15) is 18.1 Å². The molecular formula is C23H28N4O3. The maximum atomic E-state index is 12.2. The number of nitrogens with one attached hydrogen (secondary N) is 1. The summed E-state index contributed by atoms with van der Waals surface area (Å²) in [4.78, 5) is 24.2. The minimum atomic E-state index is -0.982. The van der Waals surface area contributed by atoms with Gasteiger partial charge < -0.3 is 15.4 Å². The first-order valence-corrected chi connectivity index (χ1v) is 10.0. The molecule has 0 aliphatic carbocycles. The van der Waals surface area contributed by atoms with Crippen molar-refractivity contribution in [2.45, 2.75) is 31.8 Å². The number of hydrazine groups is 1. The first-order valence-electron chi connectivity index (χ1n) is 10.0. The van der Waals surface area contributed by atoms with Crippen molar-refractivity contribution in [3.63, 3.8) is 0 Å². The lowest BCUT2D eigenvalue weighted by atomic mass is 10.0. The number of aryl methyl sites for hydroxylation is 1. The van der Waals surface area contributed by atoms with Gasteiger partial charge in [0.15, 0.2) is 0 Å². The van der Waals surface area contributed by atoms with E-state index in [9.17, 15) is 14.7 Å². The average molecular weight is 409 g/mol. The lowest BCUT2D eigenvalue weighted by molar-refractivity contribution is -0.142. The zero-order valence-corrected chi connectivity index (χ0v) is 17.3. The van der Waals surface area contributed by atoms with Gasteiger partial charge in [-0.05, 0) is 23.6 Å². The van der Waals surface area contributed by atoms with Crippen LogP contribution in [0.5, 0.6) is 0 Å². The Kier molecular flexibility index (Phi) is 6.87. The van der Waals surface area contributed by atoms with Crippen LogP contribution in [-0.2, 0) is 29.5 Å². The van der Waals surface area contributed by atoms with Crippen LogP contribution in [0, 0.1) is 0 Å². The summed E-state index contributed by atoms with van der Waals surface area (Å²) in [5, 5.41) is 12.5. The van der Waals surface area contributed by atoms with Gasteiger partial charge in [0.2, 0.25) is 5.91 Å². The number of para-hydroxylation sites is 1. The minimum Gasteiger partial charge on any atom is -0.480 e. The van der Waals surface area contributed by atoms with E-state index in [2.05, 4.69) is 5.43 Å². The van der Waals surface area contributed by atoms with E-state index in [1.165, 1.54) is 0 Å². The van der Waals surface area contributed by atoms with Gasteiger partial charge >= 0.3 is 5.97 Å². The number of nitrogens with two attached hydrogens (primary N) is 1. The highest BCUT2D eigenvalue weighted by atomic mass is 16.4. The first kappa shape index (κ1) is 21.5. The molecule has 1 aromatic heterocycles. The summed E-state index contributed by atoms with van der Waals surface area (Å²) in [5.74, 6) is -1.48. The van der Waals surface area contributed by atoms with Gasteiger partial charge in [-0.1, -0.05) is 55.5 Å². The fourth-order valence-electron chi connectivity index (χ4n) is 3.80. The van der Waals surface area contributed by atoms with E-state index in [0.29, 0.717) is 13.0 Å². The summed E-state index contributed by atoms with van der Waals surface area (Å²) in [6.07, 6.45) is 2.63. The van der Waals surface area contributed by atoms with Gasteiger partial charge in [0.25, 0.3) is 0 Å². The summed E-state index contributed by atoms with van der Waals surface area (Å²) in [5.41, 5.74) is 11.7. The van der Waals surface area contributed by atoms with Crippen LogP contribution >= 0.6 is 0 Å². The third-order valence-electron chi connectivity index (χ3n) is 5.34. The Balaban J connectivity index is 1.82. The number of benzene rings is 2. The molecule has 158 valence electrons. The molecule has 0 radical (unpaired) electrons. The standard InChI is InChI=1S/C23H28N4O3/c1-3-27(21(22(24)28)13-16-9-5-4-6-10-16)25-19(23(29)30)14-17-15-26(2)20-12-8-7-11-18(17)20/h4-12,15,19,21,25H,3,13-14H2,1-2H3,(H2,24,28)(H,29,30)/t19-,21?/m0/s1. The number of rotatable bonds is 10. The second-order valence-electron chi connectivity index (χ2n) is 7.40. The Morgan fingerprint density at radius 3 is 2.40 bits per heavy atom. The maximum Gasteiger partial charge on any atom is 0.322 e. The summed E-state index contributed by atoms with van der Waals surface area (Å²) in [6, 6.07) is 15.9. The average Bonchev–Trinajstić information content (AvgIpc) is 3.06. The number of fused-ring (bicyclic) bond motifs is 1. The highest BCUT2D eigenvalue weighted by Crippen LogP contribution is 2.22. The van der Waals surface area contributed by atoms with E-state index >= 15 is 0 Å². The van der Waals surface area contributed by atoms with Gasteiger partial charge in [-0.25, -0.2) is 10.4 Å². The zero-order valence-electron chi connectivity index (χ0n) is 17.3. The van der Waals surface area contributed by atoms with E-state index < -0.39 is 24.0 Å². The molecule has 1 heterocycles. The smallest absolute Gasteiger partial charge is 0.322 e. The molecule has 0 fully saturated rings. The second kappa shape index (κ2) is 9.56. The van der Waals surface area contributed by atoms with Gasteiger partial charge in [-0.2, -0.15) is 0 Å². The molecule has 0 aliphatic rings. The van der Waals surface area contributed by atoms with E-state index in [4.69, 9.17) is 5.73 Å². The number of likely N-dealkylation sites (N-methyl/N-ethyl adjacent to an activating group) is 1. The number of carbonyl (C=O) groups excluding carboxylic acids is 1. The molecule has 1 unspecified atom stereocenters. The molecule has 1 amide bonds. The Bertz CT molecular complexity index is 1020. The topological polar surface area (TPSA) is 101 Å². The van der Waals surface area contributed by atoms with Crippen LogP contribution in [0.2, 0.25) is 0 Å². The number of amides is 1. The van der Waals surface area contributed by atoms with Crippen LogP contribution in [0.4, 0.5) is 0 Å². The molecule has 0 saturated heterocycles. The number of carboxylic acid groups (broad SMARTS) is 1. The molecular weight excluding hydrogens is 380 g/mol. The Hall–Kier alpha value is -3.16. The van der Waals surface area contributed by atoms with Gasteiger partial charge in [-0.3, -0.25) is 9.59 Å². The summed E-state index contributed by atoms with van der Waals surface area (Å²) in [6.45, 7) is 2.30. The molecule has 7 heteroatoms. The number of carbonyl (C=O) groups is 2. The number of carboxylic acids is 1. The van der Waals surface area contributed by atoms with Gasteiger partial charge in [-0.15, -0.1) is 0 Å². The summed E-state index contributed by atoms with van der Waals surface area (Å²) >= 11 is 0. The zero-order chi connectivity index (χ0) is 21.7. The molecule has 7 nitrogen and oxygen atoms in total. The number of primary amides is 1. The van der Waals surface area contributed by atoms with Gasteiger partial charge in [0.05, 0.1) is 0 Å². The number of nitrogens with zero attached hydrogens (tertiary/aromatic N) is 2. The van der Waals surface area contributed by atoms with Crippen molar-refractivity contribution in [1.29, 1.82) is 0 Å². The van der Waals surface area contributed by atoms with Crippen molar-refractivity contribution in [2.75, 3.05) is 6.54 Å². The highest BCUT2D eigenvalue weighted by molar-refractivity contribution is 5.85. The Morgan fingerprint density at radius 1 is 1.10 bits per heavy atom. The van der Waals surface area contributed by atoms with Crippen LogP contribution in [-0.4, -0.2) is 45.2 Å². The van der Waals surface area contributed by atoms with Crippen molar-refractivity contribution in [3.8, 4) is 0 Å². The number of hydrogen-bond acceptors (Lipinski definition) is 4. The Labute approximate surface area is 176 Å². The van der Waals surface area contributed by atoms with Crippen LogP contribution in [0.25, 0.3) is 10.9 Å². The van der Waals surface area contributed by atoms with Crippen LogP contribution in [0.15, 0.2) is 60.8 Å². The molecule has 4 N–H and O–H groups in total. The number of aliphatic carboxylic acids is 1. The highest BCUT2D eigenvalue weighted by Gasteiger charge is 2.28. The normalized spacial score (nSPS) is 13.4. The lowest BCUT2D eigenvalue weighted by Crippen LogP contribution is -2.57. The second-order valence-corrected chi connectivity index (χ2v) is 7.40. The molecule has 0 spiro atoms. The van der Waals surface area contributed by atoms with Gasteiger partial charge in [0.1, 0.15) is 12.1 Å². The molecule has 0 saturated carbocycles. The van der Waals surface area contributed by atoms with E-state index in [-0.39, 0.29) is 6.42 Å². The monoisotopic (exact) mass is 408 g/mol. The fraction of sp³-hybridized carbons (Fsp3) is 0.304. The largest absolute Gasteiger partial charge is 0.480 e. The van der Waals surface area contributed by atoms with Crippen molar-refractivity contribution in [1.82, 2.24) is 15.0 Å². The van der Waals surface area contributed by atoms with Crippen LogP contribution < -0.4 is 11.2 Å². The number of hydrogen-bond donors (Lipinski definition) is 3. The predicted octanol–water partition coefficient (Wildman–Crippen LogP) is 2.10. The number of aromatic nitrogens is 1. The van der Waals surface area contributed by atoms with Crippen molar-refractivity contribution >= 4 is 22.8 Å². The first-order chi connectivity index (χ1) is 14.4. The van der Waals surface area contributed by atoms with Crippen molar-refractivity contribution in [3.05, 3.63) is 71.9 Å².